The van der Waals surface area contributed by atoms with Gasteiger partial charge in [0.25, 0.3) is 0 Å². The van der Waals surface area contributed by atoms with Gasteiger partial charge in [-0.3, -0.25) is 9.59 Å². The third-order valence-electron chi connectivity index (χ3n) is 7.64. The number of thiazole rings is 1. The Morgan fingerprint density at radius 1 is 1.26 bits per heavy atom. The molecule has 3 rings (SSSR count). The Balaban J connectivity index is 1.85. The second-order valence-corrected chi connectivity index (χ2v) is 12.4. The molecule has 196 valence electrons. The van der Waals surface area contributed by atoms with Crippen LogP contribution in [0.2, 0.25) is 0 Å². The molecule has 0 saturated carbocycles. The fourth-order valence-corrected chi connectivity index (χ4v) is 5.68. The summed E-state index contributed by atoms with van der Waals surface area (Å²) in [5, 5.41) is 24.8. The minimum atomic E-state index is -1.27. The van der Waals surface area contributed by atoms with Crippen LogP contribution in [0.1, 0.15) is 77.4 Å². The summed E-state index contributed by atoms with van der Waals surface area (Å²) in [7, 11) is 0. The molecule has 2 saturated heterocycles. The van der Waals surface area contributed by atoms with Gasteiger partial charge in [-0.2, -0.15) is 0 Å². The molecule has 2 fully saturated rings. The topological polar surface area (TPSA) is 109 Å². The third-order valence-corrected chi connectivity index (χ3v) is 8.78. The van der Waals surface area contributed by atoms with Crippen molar-refractivity contribution in [3.63, 3.8) is 0 Å². The quantitative estimate of drug-likeness (QED) is 0.425. The summed E-state index contributed by atoms with van der Waals surface area (Å²) in [6.45, 7) is 10.7. The Kier molecular flexibility index (Phi) is 8.86. The number of ketones is 1. The number of cyclic esters (lactones) is 1. The van der Waals surface area contributed by atoms with Crippen molar-refractivity contribution < 1.29 is 29.3 Å². The van der Waals surface area contributed by atoms with E-state index in [1.165, 1.54) is 11.3 Å². The molecule has 0 unspecified atom stereocenters. The highest BCUT2D eigenvalue weighted by Gasteiger charge is 2.53. The van der Waals surface area contributed by atoms with Gasteiger partial charge in [-0.15, -0.1) is 11.3 Å². The zero-order valence-electron chi connectivity index (χ0n) is 21.4. The molecule has 3 heterocycles. The van der Waals surface area contributed by atoms with Crippen molar-refractivity contribution in [3.8, 4) is 0 Å². The van der Waals surface area contributed by atoms with Crippen LogP contribution in [0.15, 0.2) is 10.4 Å². The minimum Gasteiger partial charge on any atom is -0.456 e. The van der Waals surface area contributed by atoms with Crippen molar-refractivity contribution in [2.75, 3.05) is 0 Å². The molecule has 7 atom stereocenters. The molecule has 0 aliphatic carbocycles. The van der Waals surface area contributed by atoms with Crippen LogP contribution < -0.4 is 0 Å². The number of epoxide rings is 1. The van der Waals surface area contributed by atoms with Gasteiger partial charge in [0.05, 0.1) is 51.5 Å². The van der Waals surface area contributed by atoms with Crippen LogP contribution in [-0.2, 0) is 19.1 Å². The first kappa shape index (κ1) is 28.3. The maximum absolute atomic E-state index is 13.2. The summed E-state index contributed by atoms with van der Waals surface area (Å²) in [5.74, 6) is -1.70. The van der Waals surface area contributed by atoms with E-state index in [4.69, 9.17) is 21.1 Å². The van der Waals surface area contributed by atoms with Crippen LogP contribution in [0.4, 0.5) is 0 Å². The number of aryl methyl sites for hydroxylation is 1. The first-order valence-corrected chi connectivity index (χ1v) is 13.6. The number of aliphatic hydroxyl groups is 2. The molecule has 35 heavy (non-hydrogen) atoms. The Hall–Kier alpha value is -1.32. The van der Waals surface area contributed by atoms with E-state index in [0.29, 0.717) is 17.1 Å². The maximum atomic E-state index is 13.2. The lowest BCUT2D eigenvalue weighted by Gasteiger charge is -2.34. The van der Waals surface area contributed by atoms with Crippen LogP contribution >= 0.6 is 22.9 Å². The van der Waals surface area contributed by atoms with Crippen LogP contribution in [0.3, 0.4) is 0 Å². The van der Waals surface area contributed by atoms with Gasteiger partial charge in [-0.25, -0.2) is 4.98 Å². The molecule has 1 aromatic rings. The number of aliphatic hydroxyl groups excluding tert-OH is 2. The van der Waals surface area contributed by atoms with Gasteiger partial charge < -0.3 is 19.7 Å². The van der Waals surface area contributed by atoms with Gasteiger partial charge >= 0.3 is 5.97 Å². The molecular weight excluding hydrogens is 490 g/mol. The maximum Gasteiger partial charge on any atom is 0.309 e. The second-order valence-electron chi connectivity index (χ2n) is 10.9. The van der Waals surface area contributed by atoms with E-state index in [1.807, 2.05) is 26.2 Å². The molecule has 0 spiro atoms. The van der Waals surface area contributed by atoms with Crippen molar-refractivity contribution in [1.82, 2.24) is 4.98 Å². The molecule has 0 bridgehead atoms. The Labute approximate surface area is 216 Å². The lowest BCUT2D eigenvalue weighted by Crippen LogP contribution is -2.45. The van der Waals surface area contributed by atoms with Crippen molar-refractivity contribution >= 4 is 40.8 Å². The number of halogens is 1. The number of aromatic nitrogens is 1. The number of ether oxygens (including phenoxy) is 2. The molecule has 0 aromatic carbocycles. The van der Waals surface area contributed by atoms with Crippen LogP contribution in [0.5, 0.6) is 0 Å². The van der Waals surface area contributed by atoms with Crippen LogP contribution in [-0.4, -0.2) is 57.0 Å². The molecule has 2 N–H and O–H groups in total. The van der Waals surface area contributed by atoms with Crippen molar-refractivity contribution in [1.29, 1.82) is 0 Å². The van der Waals surface area contributed by atoms with Gasteiger partial charge in [0.1, 0.15) is 11.9 Å². The number of hydrogen-bond acceptors (Lipinski definition) is 8. The molecule has 2 aliphatic heterocycles. The summed E-state index contributed by atoms with van der Waals surface area (Å²) in [6.07, 6.45) is 1.08. The smallest absolute Gasteiger partial charge is 0.309 e. The average Bonchev–Trinajstić information content (AvgIpc) is 3.22. The van der Waals surface area contributed by atoms with E-state index < -0.39 is 35.6 Å². The zero-order chi connectivity index (χ0) is 26.1. The van der Waals surface area contributed by atoms with Crippen molar-refractivity contribution in [2.24, 2.45) is 17.3 Å². The van der Waals surface area contributed by atoms with Crippen molar-refractivity contribution in [2.45, 2.75) is 104 Å². The zero-order valence-corrected chi connectivity index (χ0v) is 23.0. The van der Waals surface area contributed by atoms with E-state index in [0.717, 1.165) is 24.3 Å². The predicted molar refractivity (Wildman–Crippen MR) is 136 cm³/mol. The first-order chi connectivity index (χ1) is 16.2. The molecule has 1 aromatic heterocycles. The number of Topliss-reactive ketones (excluding diaryl/α,β-unsaturated/α-hetero) is 1. The standard InChI is InChI=1S/C26H38ClNO6S/c1-14-8-7-9-26(6)21(34-26)11-19(18(27)10-17-13-35-16(3)28-17)33-22(30)12-20(29)25(4,5)24(32)15(2)23(14)31/h10,13-15,19-21,23,29,31H,7-9,11-12H2,1-6H3/t14-,15+,19-,20-,21+,23-,26+/m0/s1. The van der Waals surface area contributed by atoms with Gasteiger partial charge in [0.2, 0.25) is 0 Å². The number of fused-ring (bicyclic) bond motifs is 1. The molecule has 9 heteroatoms. The monoisotopic (exact) mass is 527 g/mol. The number of hydrogen-bond donors (Lipinski definition) is 2. The van der Waals surface area contributed by atoms with E-state index in [9.17, 15) is 19.8 Å². The molecule has 0 radical (unpaired) electrons. The Bertz CT molecular complexity index is 961. The highest BCUT2D eigenvalue weighted by atomic mass is 35.5. The predicted octanol–water partition coefficient (Wildman–Crippen LogP) is 4.65. The van der Waals surface area contributed by atoms with Crippen LogP contribution in [0, 0.1) is 24.2 Å². The number of rotatable bonds is 2. The van der Waals surface area contributed by atoms with E-state index >= 15 is 0 Å². The Morgan fingerprint density at radius 3 is 2.57 bits per heavy atom. The highest BCUT2D eigenvalue weighted by molar-refractivity contribution is 7.09. The first-order valence-electron chi connectivity index (χ1n) is 12.3. The molecular formula is C26H38ClNO6S. The van der Waals surface area contributed by atoms with Gasteiger partial charge in [-0.1, -0.05) is 45.7 Å². The summed E-state index contributed by atoms with van der Waals surface area (Å²) < 4.78 is 11.7. The van der Waals surface area contributed by atoms with E-state index in [1.54, 1.807) is 26.8 Å². The fourth-order valence-electron chi connectivity index (χ4n) is 4.86. The fraction of sp³-hybridized carbons (Fsp3) is 0.731. The summed E-state index contributed by atoms with van der Waals surface area (Å²) in [5.41, 5.74) is -0.904. The summed E-state index contributed by atoms with van der Waals surface area (Å²) >= 11 is 8.11. The Morgan fingerprint density at radius 2 is 1.94 bits per heavy atom. The number of esters is 1. The number of nitrogens with zero attached hydrogens (tertiary/aromatic N) is 1. The molecule has 7 nitrogen and oxygen atoms in total. The van der Waals surface area contributed by atoms with E-state index in [2.05, 4.69) is 4.98 Å². The summed E-state index contributed by atoms with van der Waals surface area (Å²) in [6, 6.07) is 0. The average molecular weight is 528 g/mol. The van der Waals surface area contributed by atoms with Crippen LogP contribution in [0.25, 0.3) is 6.08 Å². The van der Waals surface area contributed by atoms with Gasteiger partial charge in [0.15, 0.2) is 0 Å². The van der Waals surface area contributed by atoms with E-state index in [-0.39, 0.29) is 29.8 Å². The highest BCUT2D eigenvalue weighted by Crippen LogP contribution is 2.45. The van der Waals surface area contributed by atoms with Gasteiger partial charge in [0, 0.05) is 17.7 Å². The second kappa shape index (κ2) is 11.0. The molecule has 0 amide bonds. The minimum absolute atomic E-state index is 0.0905. The lowest BCUT2D eigenvalue weighted by atomic mass is 9.73. The summed E-state index contributed by atoms with van der Waals surface area (Å²) in [4.78, 5) is 30.5. The lowest BCUT2D eigenvalue weighted by molar-refractivity contribution is -0.154. The number of carbonyl (C=O) groups excluding carboxylic acids is 2. The van der Waals surface area contributed by atoms with Gasteiger partial charge in [-0.05, 0) is 38.7 Å². The third kappa shape index (κ3) is 6.72. The molecule has 2 aliphatic rings. The normalized spacial score (nSPS) is 37.5. The SMILES string of the molecule is Cc1nc(C=C(Cl)[C@@H]2C[C@H]3O[C@]3(C)CCC[C@H](C)[C@H](O)[C@@H](C)C(=O)C(C)(C)[C@@H](O)CC(=O)O2)cs1. The number of carbonyl (C=O) groups is 2. The van der Waals surface area contributed by atoms with Crippen molar-refractivity contribution in [3.05, 3.63) is 21.1 Å². The largest absolute Gasteiger partial charge is 0.456 e.